The van der Waals surface area contributed by atoms with Crippen molar-refractivity contribution in [3.63, 3.8) is 0 Å². The molecule has 1 atom stereocenters. The van der Waals surface area contributed by atoms with Gasteiger partial charge in [0, 0.05) is 18.5 Å². The van der Waals surface area contributed by atoms with Crippen LogP contribution in [-0.4, -0.2) is 41.7 Å². The van der Waals surface area contributed by atoms with Crippen molar-refractivity contribution < 1.29 is 14.6 Å². The van der Waals surface area contributed by atoms with Crippen LogP contribution in [0.25, 0.3) is 10.8 Å². The van der Waals surface area contributed by atoms with Crippen LogP contribution in [0, 0.1) is 5.92 Å². The summed E-state index contributed by atoms with van der Waals surface area (Å²) in [5.74, 6) is 1.27. The molecule has 1 aliphatic carbocycles. The molecular weight excluding hydrogens is 338 g/mol. The molecule has 4 nitrogen and oxygen atoms in total. The Morgan fingerprint density at radius 2 is 1.78 bits per heavy atom. The number of rotatable bonds is 4. The van der Waals surface area contributed by atoms with E-state index in [2.05, 4.69) is 29.2 Å². The van der Waals surface area contributed by atoms with Crippen LogP contribution >= 0.6 is 0 Å². The number of nitrogens with zero attached hydrogens (tertiary/aromatic N) is 1. The van der Waals surface area contributed by atoms with Gasteiger partial charge in [-0.1, -0.05) is 24.3 Å². The number of benzene rings is 2. The number of carbonyl (C=O) groups excluding carboxylic acids is 1. The van der Waals surface area contributed by atoms with Gasteiger partial charge in [0.15, 0.2) is 0 Å². The van der Waals surface area contributed by atoms with Gasteiger partial charge >= 0.3 is 0 Å². The average Bonchev–Trinajstić information content (AvgIpc) is 2.70. The molecule has 2 aromatic rings. The fourth-order valence-corrected chi connectivity index (χ4v) is 4.71. The number of piperidine rings is 1. The second-order valence-electron chi connectivity index (χ2n) is 8.08. The number of aliphatic hydroxyl groups is 1. The lowest BCUT2D eigenvalue weighted by Gasteiger charge is -2.40. The summed E-state index contributed by atoms with van der Waals surface area (Å²) in [6.07, 6.45) is 6.24. The summed E-state index contributed by atoms with van der Waals surface area (Å²) in [6.45, 7) is 0.883. The molecule has 1 amide bonds. The van der Waals surface area contributed by atoms with Crippen molar-refractivity contribution in [2.75, 3.05) is 13.7 Å². The molecule has 2 aliphatic rings. The molecule has 0 radical (unpaired) electrons. The number of hydrogen-bond acceptors (Lipinski definition) is 3. The third kappa shape index (κ3) is 3.96. The summed E-state index contributed by atoms with van der Waals surface area (Å²) in [5, 5.41) is 12.1. The lowest BCUT2D eigenvalue weighted by molar-refractivity contribution is -0.142. The molecule has 2 fully saturated rings. The van der Waals surface area contributed by atoms with Gasteiger partial charge in [-0.3, -0.25) is 4.79 Å². The van der Waals surface area contributed by atoms with Crippen molar-refractivity contribution in [3.8, 4) is 5.75 Å². The third-order valence-electron chi connectivity index (χ3n) is 6.28. The van der Waals surface area contributed by atoms with E-state index in [9.17, 15) is 9.90 Å². The monoisotopic (exact) mass is 367 g/mol. The molecular formula is C23H29NO3. The smallest absolute Gasteiger partial charge is 0.226 e. The summed E-state index contributed by atoms with van der Waals surface area (Å²) in [6, 6.07) is 12.9. The number of fused-ring (bicyclic) bond motifs is 1. The molecule has 1 heterocycles. The Morgan fingerprint density at radius 1 is 1.04 bits per heavy atom. The number of amides is 1. The number of ether oxygens (including phenoxy) is 1. The van der Waals surface area contributed by atoms with Crippen LogP contribution in [-0.2, 0) is 11.2 Å². The van der Waals surface area contributed by atoms with Crippen LogP contribution in [0.4, 0.5) is 0 Å². The number of methoxy groups -OCH3 is 1. The molecule has 4 rings (SSSR count). The Bertz CT molecular complexity index is 810. The minimum Gasteiger partial charge on any atom is -0.497 e. The average molecular weight is 367 g/mol. The van der Waals surface area contributed by atoms with E-state index < -0.39 is 0 Å². The molecule has 0 bridgehead atoms. The minimum atomic E-state index is -0.173. The van der Waals surface area contributed by atoms with Crippen LogP contribution in [0.5, 0.6) is 5.75 Å². The van der Waals surface area contributed by atoms with E-state index >= 15 is 0 Å². The zero-order valence-corrected chi connectivity index (χ0v) is 16.1. The molecule has 1 saturated carbocycles. The van der Waals surface area contributed by atoms with Gasteiger partial charge in [0.05, 0.1) is 13.2 Å². The summed E-state index contributed by atoms with van der Waals surface area (Å²) in [7, 11) is 1.68. The third-order valence-corrected chi connectivity index (χ3v) is 6.28. The zero-order valence-electron chi connectivity index (χ0n) is 16.1. The normalized spacial score (nSPS) is 26.4. The van der Waals surface area contributed by atoms with Gasteiger partial charge in [-0.2, -0.15) is 0 Å². The van der Waals surface area contributed by atoms with Gasteiger partial charge in [-0.05, 0) is 73.4 Å². The molecule has 0 spiro atoms. The fourth-order valence-electron chi connectivity index (χ4n) is 4.71. The van der Waals surface area contributed by atoms with Crippen molar-refractivity contribution >= 4 is 16.7 Å². The Balaban J connectivity index is 1.46. The minimum absolute atomic E-state index is 0.0845. The van der Waals surface area contributed by atoms with Crippen LogP contribution in [0.2, 0.25) is 0 Å². The summed E-state index contributed by atoms with van der Waals surface area (Å²) in [4.78, 5) is 15.2. The molecule has 2 aromatic carbocycles. The highest BCUT2D eigenvalue weighted by Crippen LogP contribution is 2.30. The lowest BCUT2D eigenvalue weighted by atomic mass is 9.86. The van der Waals surface area contributed by atoms with E-state index in [4.69, 9.17) is 4.74 Å². The topological polar surface area (TPSA) is 49.8 Å². The van der Waals surface area contributed by atoms with Crippen LogP contribution in [0.1, 0.15) is 44.1 Å². The maximum Gasteiger partial charge on any atom is 0.226 e. The first-order valence-electron chi connectivity index (χ1n) is 10.2. The van der Waals surface area contributed by atoms with E-state index in [1.54, 1.807) is 7.11 Å². The van der Waals surface area contributed by atoms with Crippen molar-refractivity contribution in [1.29, 1.82) is 0 Å². The first-order valence-corrected chi connectivity index (χ1v) is 10.2. The molecule has 0 aromatic heterocycles. The van der Waals surface area contributed by atoms with Gasteiger partial charge in [0.2, 0.25) is 5.91 Å². The Morgan fingerprint density at radius 3 is 2.56 bits per heavy atom. The molecule has 144 valence electrons. The van der Waals surface area contributed by atoms with Crippen molar-refractivity contribution in [2.45, 2.75) is 57.1 Å². The fraction of sp³-hybridized carbons (Fsp3) is 0.522. The molecule has 1 unspecified atom stereocenters. The second-order valence-corrected chi connectivity index (χ2v) is 8.08. The molecule has 4 heteroatoms. The lowest BCUT2D eigenvalue weighted by Crippen LogP contribution is -2.49. The number of carbonyl (C=O) groups is 1. The van der Waals surface area contributed by atoms with Crippen LogP contribution < -0.4 is 4.74 Å². The maximum atomic E-state index is 13.1. The number of hydrogen-bond donors (Lipinski definition) is 1. The summed E-state index contributed by atoms with van der Waals surface area (Å²) < 4.78 is 5.30. The number of aliphatic hydroxyl groups excluding tert-OH is 1. The molecule has 1 N–H and O–H groups in total. The second kappa shape index (κ2) is 7.89. The first-order chi connectivity index (χ1) is 13.1. The Hall–Kier alpha value is -2.07. The van der Waals surface area contributed by atoms with Gasteiger partial charge in [-0.25, -0.2) is 0 Å². The summed E-state index contributed by atoms with van der Waals surface area (Å²) >= 11 is 0. The number of likely N-dealkylation sites (tertiary alicyclic amines) is 1. The van der Waals surface area contributed by atoms with Crippen molar-refractivity contribution in [1.82, 2.24) is 4.90 Å². The maximum absolute atomic E-state index is 13.1. The van der Waals surface area contributed by atoms with Crippen molar-refractivity contribution in [3.05, 3.63) is 42.0 Å². The van der Waals surface area contributed by atoms with Gasteiger partial charge in [0.1, 0.15) is 5.75 Å². The first kappa shape index (κ1) is 18.3. The van der Waals surface area contributed by atoms with Crippen molar-refractivity contribution in [2.24, 2.45) is 5.92 Å². The Kier molecular flexibility index (Phi) is 5.35. The van der Waals surface area contributed by atoms with Gasteiger partial charge < -0.3 is 14.7 Å². The van der Waals surface area contributed by atoms with E-state index in [1.807, 2.05) is 12.1 Å². The van der Waals surface area contributed by atoms with Gasteiger partial charge in [0.25, 0.3) is 0 Å². The molecule has 1 saturated heterocycles. The van der Waals surface area contributed by atoms with Gasteiger partial charge in [-0.15, -0.1) is 0 Å². The summed E-state index contributed by atoms with van der Waals surface area (Å²) in [5.41, 5.74) is 1.23. The Labute approximate surface area is 161 Å². The highest BCUT2D eigenvalue weighted by Gasteiger charge is 2.34. The standard InChI is InChI=1S/C23H29NO3/c1-27-22-11-6-17-13-16(4-5-18(17)15-22)14-19-3-2-12-24(23(19)26)20-7-9-21(25)10-8-20/h4-6,11,13,15,19-21,25H,2-3,7-10,12,14H2,1H3/t19?,20-,21+. The molecule has 27 heavy (non-hydrogen) atoms. The van der Waals surface area contributed by atoms with Crippen LogP contribution in [0.15, 0.2) is 36.4 Å². The molecule has 1 aliphatic heterocycles. The van der Waals surface area contributed by atoms with E-state index in [1.165, 1.54) is 10.9 Å². The largest absolute Gasteiger partial charge is 0.497 e. The van der Waals surface area contributed by atoms with E-state index in [-0.39, 0.29) is 12.0 Å². The van der Waals surface area contributed by atoms with Crippen LogP contribution in [0.3, 0.4) is 0 Å². The predicted octanol–water partition coefficient (Wildman–Crippen LogP) is 3.93. The predicted molar refractivity (Wildman–Crippen MR) is 107 cm³/mol. The quantitative estimate of drug-likeness (QED) is 0.891. The van der Waals surface area contributed by atoms with E-state index in [0.717, 1.165) is 62.6 Å². The zero-order chi connectivity index (χ0) is 18.8. The van der Waals surface area contributed by atoms with E-state index in [0.29, 0.717) is 11.9 Å². The SMILES string of the molecule is COc1ccc2cc(CC3CCCN([C@H]4CC[C@@H](O)CC4)C3=O)ccc2c1. The highest BCUT2D eigenvalue weighted by atomic mass is 16.5. The highest BCUT2D eigenvalue weighted by molar-refractivity contribution is 5.85.